The number of aromatic nitrogens is 2. The van der Waals surface area contributed by atoms with Gasteiger partial charge in [-0.25, -0.2) is 0 Å². The minimum absolute atomic E-state index is 0.00141. The maximum absolute atomic E-state index is 11.9. The van der Waals surface area contributed by atoms with Gasteiger partial charge in [0.2, 0.25) is 0 Å². The van der Waals surface area contributed by atoms with Crippen molar-refractivity contribution in [3.8, 4) is 6.07 Å². The van der Waals surface area contributed by atoms with Crippen LogP contribution in [-0.4, -0.2) is 26.8 Å². The summed E-state index contributed by atoms with van der Waals surface area (Å²) in [7, 11) is 0. The fourth-order valence-electron chi connectivity index (χ4n) is 3.85. The molecule has 1 amide bonds. The maximum atomic E-state index is 11.9. The van der Waals surface area contributed by atoms with Crippen molar-refractivity contribution < 1.29 is 14.7 Å². The molecule has 2 atom stereocenters. The molecule has 1 aromatic carbocycles. The van der Waals surface area contributed by atoms with Crippen LogP contribution in [0.5, 0.6) is 0 Å². The molecule has 1 heterocycles. The van der Waals surface area contributed by atoms with Crippen LogP contribution in [0.3, 0.4) is 0 Å². The highest BCUT2D eigenvalue weighted by molar-refractivity contribution is 5.98. The highest BCUT2D eigenvalue weighted by Gasteiger charge is 2.29. The number of hydrogen-bond donors (Lipinski definition) is 3. The van der Waals surface area contributed by atoms with E-state index in [4.69, 9.17) is 5.73 Å². The van der Waals surface area contributed by atoms with Gasteiger partial charge in [0.1, 0.15) is 5.56 Å². The van der Waals surface area contributed by atoms with E-state index >= 15 is 0 Å². The summed E-state index contributed by atoms with van der Waals surface area (Å²) in [6.45, 7) is 3.85. The normalized spacial score (nSPS) is 19.1. The average Bonchev–Trinajstić information content (AvgIpc) is 3.11. The van der Waals surface area contributed by atoms with Crippen LogP contribution < -0.4 is 11.1 Å². The number of rotatable bonds is 7. The van der Waals surface area contributed by atoms with Crippen LogP contribution >= 0.6 is 0 Å². The summed E-state index contributed by atoms with van der Waals surface area (Å²) in [4.78, 5) is 23.3. The van der Waals surface area contributed by atoms with E-state index < -0.39 is 17.3 Å². The Morgan fingerprint density at radius 1 is 1.30 bits per heavy atom. The largest absolute Gasteiger partial charge is 0.481 e. The second-order valence-electron chi connectivity index (χ2n) is 8.39. The number of nitrogens with one attached hydrogen (secondary N) is 1. The quantitative estimate of drug-likeness (QED) is 0.641. The lowest BCUT2D eigenvalue weighted by Crippen LogP contribution is -2.28. The van der Waals surface area contributed by atoms with Gasteiger partial charge in [-0.1, -0.05) is 25.0 Å². The third kappa shape index (κ3) is 4.46. The number of primary amides is 1. The Balaban J connectivity index is 1.80. The van der Waals surface area contributed by atoms with E-state index in [1.54, 1.807) is 49.0 Å². The molecule has 2 aromatic rings. The predicted octanol–water partition coefficient (Wildman–Crippen LogP) is 3.42. The van der Waals surface area contributed by atoms with Crippen molar-refractivity contribution in [2.45, 2.75) is 51.5 Å². The first-order valence-electron chi connectivity index (χ1n) is 10.1. The second-order valence-corrected chi connectivity index (χ2v) is 8.39. The molecule has 0 bridgehead atoms. The second kappa shape index (κ2) is 8.57. The van der Waals surface area contributed by atoms with E-state index in [1.165, 1.54) is 0 Å². The van der Waals surface area contributed by atoms with E-state index in [9.17, 15) is 20.0 Å². The minimum Gasteiger partial charge on any atom is -0.481 e. The molecule has 1 aromatic heterocycles. The van der Waals surface area contributed by atoms with Crippen molar-refractivity contribution in [3.63, 3.8) is 0 Å². The first-order chi connectivity index (χ1) is 14.2. The molecule has 0 radical (unpaired) electrons. The fraction of sp³-hybridized carbons (Fsp3) is 0.455. The van der Waals surface area contributed by atoms with Crippen LogP contribution in [0.4, 0.5) is 11.5 Å². The Morgan fingerprint density at radius 2 is 1.97 bits per heavy atom. The zero-order valence-corrected chi connectivity index (χ0v) is 17.3. The smallest absolute Gasteiger partial charge is 0.313 e. The third-order valence-corrected chi connectivity index (χ3v) is 5.93. The molecular weight excluding hydrogens is 382 g/mol. The number of aliphatic carboxylic acids is 1. The lowest BCUT2D eigenvalue weighted by Gasteiger charge is -2.26. The number of anilines is 2. The van der Waals surface area contributed by atoms with Gasteiger partial charge in [-0.05, 0) is 50.3 Å². The molecule has 30 heavy (non-hydrogen) atoms. The molecule has 8 nitrogen and oxygen atoms in total. The van der Waals surface area contributed by atoms with Gasteiger partial charge in [-0.2, -0.15) is 10.4 Å². The number of carbonyl (C=O) groups is 2. The molecule has 1 saturated carbocycles. The molecule has 2 unspecified atom stereocenters. The summed E-state index contributed by atoms with van der Waals surface area (Å²) in [6, 6.07) is 9.35. The van der Waals surface area contributed by atoms with Crippen LogP contribution in [0.2, 0.25) is 0 Å². The van der Waals surface area contributed by atoms with E-state index in [2.05, 4.69) is 16.5 Å². The predicted molar refractivity (Wildman–Crippen MR) is 112 cm³/mol. The van der Waals surface area contributed by atoms with Gasteiger partial charge >= 0.3 is 5.97 Å². The van der Waals surface area contributed by atoms with Gasteiger partial charge in [0.15, 0.2) is 5.82 Å². The number of nitrogens with two attached hydrogens (primary N) is 1. The molecule has 158 valence electrons. The zero-order chi connectivity index (χ0) is 21.9. The molecule has 0 aliphatic heterocycles. The lowest BCUT2D eigenvalue weighted by atomic mass is 9.80. The van der Waals surface area contributed by atoms with E-state index in [0.717, 1.165) is 25.7 Å². The first-order valence-corrected chi connectivity index (χ1v) is 10.1. The van der Waals surface area contributed by atoms with Crippen molar-refractivity contribution in [2.75, 3.05) is 5.32 Å². The highest BCUT2D eigenvalue weighted by atomic mass is 16.4. The fourth-order valence-corrected chi connectivity index (χ4v) is 3.85. The van der Waals surface area contributed by atoms with Crippen molar-refractivity contribution in [2.24, 2.45) is 17.6 Å². The average molecular weight is 409 g/mol. The van der Waals surface area contributed by atoms with Gasteiger partial charge in [0.25, 0.3) is 5.91 Å². The number of amides is 1. The number of carboxylic acids is 1. The number of hydrogen-bond acceptors (Lipinski definition) is 5. The summed E-state index contributed by atoms with van der Waals surface area (Å²) >= 11 is 0. The van der Waals surface area contributed by atoms with Crippen molar-refractivity contribution in [1.29, 1.82) is 5.26 Å². The van der Waals surface area contributed by atoms with Gasteiger partial charge in [-0.15, -0.1) is 0 Å². The van der Waals surface area contributed by atoms with Gasteiger partial charge in [-0.3, -0.25) is 14.3 Å². The topological polar surface area (TPSA) is 134 Å². The SMILES string of the molecule is CC(C)(C(=O)O)c1ccc(Nc2nn(CC3CCCCC3C#N)cc2C(N)=O)cc1. The van der Waals surface area contributed by atoms with Crippen molar-refractivity contribution >= 4 is 23.4 Å². The molecule has 1 fully saturated rings. The molecule has 1 aliphatic rings. The summed E-state index contributed by atoms with van der Waals surface area (Å²) in [6.07, 6.45) is 5.65. The Kier molecular flexibility index (Phi) is 6.11. The van der Waals surface area contributed by atoms with Crippen LogP contribution in [0.25, 0.3) is 0 Å². The van der Waals surface area contributed by atoms with Crippen molar-refractivity contribution in [3.05, 3.63) is 41.6 Å². The number of nitriles is 1. The Hall–Kier alpha value is -3.34. The monoisotopic (exact) mass is 409 g/mol. The molecule has 1 aliphatic carbocycles. The van der Waals surface area contributed by atoms with E-state index in [-0.39, 0.29) is 17.4 Å². The van der Waals surface area contributed by atoms with Crippen LogP contribution in [0, 0.1) is 23.2 Å². The minimum atomic E-state index is -1.00. The van der Waals surface area contributed by atoms with Crippen LogP contribution in [0.15, 0.2) is 30.5 Å². The van der Waals surface area contributed by atoms with Crippen LogP contribution in [-0.2, 0) is 16.8 Å². The van der Waals surface area contributed by atoms with E-state index in [1.807, 2.05) is 0 Å². The Bertz CT molecular complexity index is 972. The van der Waals surface area contributed by atoms with Gasteiger partial charge in [0, 0.05) is 18.4 Å². The van der Waals surface area contributed by atoms with Crippen LogP contribution in [0.1, 0.15) is 55.5 Å². The summed E-state index contributed by atoms with van der Waals surface area (Å²) < 4.78 is 1.69. The number of nitrogens with zero attached hydrogens (tertiary/aromatic N) is 3. The number of carbonyl (C=O) groups excluding carboxylic acids is 1. The van der Waals surface area contributed by atoms with Gasteiger partial charge < -0.3 is 16.2 Å². The molecule has 4 N–H and O–H groups in total. The Labute approximate surface area is 175 Å². The summed E-state index contributed by atoms with van der Waals surface area (Å²) in [5.41, 5.74) is 6.14. The molecule has 0 spiro atoms. The molecule has 0 saturated heterocycles. The van der Waals surface area contributed by atoms with Crippen molar-refractivity contribution in [1.82, 2.24) is 9.78 Å². The first kappa shape index (κ1) is 21.4. The third-order valence-electron chi connectivity index (χ3n) is 5.93. The number of carboxylic acid groups (broad SMARTS) is 1. The summed E-state index contributed by atoms with van der Waals surface area (Å²) in [5, 5.41) is 26.4. The van der Waals surface area contributed by atoms with Gasteiger partial charge in [0.05, 0.1) is 17.4 Å². The molecular formula is C22H27N5O3. The zero-order valence-electron chi connectivity index (χ0n) is 17.3. The highest BCUT2D eigenvalue weighted by Crippen LogP contribution is 2.31. The number of benzene rings is 1. The molecule has 8 heteroatoms. The maximum Gasteiger partial charge on any atom is 0.313 e. The lowest BCUT2D eigenvalue weighted by molar-refractivity contribution is -0.142. The van der Waals surface area contributed by atoms with E-state index in [0.29, 0.717) is 23.6 Å². The standard InChI is InChI=1S/C22H27N5O3/c1-22(2,21(29)30)16-7-9-17(10-8-16)25-20-18(19(24)28)13-27(26-20)12-15-6-4-3-5-14(15)11-23/h7-10,13-15H,3-6,12H2,1-2H3,(H2,24,28)(H,25,26)(H,29,30). The summed E-state index contributed by atoms with van der Waals surface area (Å²) in [5.74, 6) is -0.947. The molecule has 3 rings (SSSR count). The Morgan fingerprint density at radius 3 is 2.57 bits per heavy atom.